The Balaban J connectivity index is 1.41. The van der Waals surface area contributed by atoms with Crippen molar-refractivity contribution >= 4 is 31.9 Å². The van der Waals surface area contributed by atoms with Gasteiger partial charge in [-0.15, -0.1) is 0 Å². The zero-order valence-corrected chi connectivity index (χ0v) is 23.5. The van der Waals surface area contributed by atoms with Gasteiger partial charge in [-0.3, -0.25) is 4.98 Å². The molecular formula is C34H22Br2N2. The van der Waals surface area contributed by atoms with Crippen LogP contribution in [0, 0.1) is 0 Å². The summed E-state index contributed by atoms with van der Waals surface area (Å²) in [5.74, 6) is 0. The van der Waals surface area contributed by atoms with E-state index in [0.717, 1.165) is 42.7 Å². The number of nitrogens with zero attached hydrogens (tertiary/aromatic N) is 2. The highest BCUT2D eigenvalue weighted by atomic mass is 79.9. The summed E-state index contributed by atoms with van der Waals surface area (Å²) >= 11 is 7.04. The molecule has 0 spiro atoms. The molecule has 0 aliphatic rings. The molecule has 6 rings (SSSR count). The van der Waals surface area contributed by atoms with Gasteiger partial charge in [0.15, 0.2) is 0 Å². The van der Waals surface area contributed by atoms with Crippen LogP contribution in [0.2, 0.25) is 0 Å². The van der Waals surface area contributed by atoms with Gasteiger partial charge in [-0.05, 0) is 76.3 Å². The molecule has 0 fully saturated rings. The molecule has 0 radical (unpaired) electrons. The standard InChI is InChI=1S/C34H22Br2N2/c35-29-16-12-25(13-17-29)23-4-8-27(9-5-23)31-20-21-33(32-3-1-2-22-37-32)38-34(31)28-10-6-24(7-11-28)26-14-18-30(36)19-15-26/h1-22H. The van der Waals surface area contributed by atoms with Gasteiger partial charge in [0.2, 0.25) is 0 Å². The molecule has 0 unspecified atom stereocenters. The maximum Gasteiger partial charge on any atom is 0.0894 e. The predicted octanol–water partition coefficient (Wildman–Crippen LogP) is 10.3. The normalized spacial score (nSPS) is 10.9. The molecule has 0 N–H and O–H groups in total. The minimum Gasteiger partial charge on any atom is -0.255 e. The van der Waals surface area contributed by atoms with E-state index in [0.29, 0.717) is 0 Å². The summed E-state index contributed by atoms with van der Waals surface area (Å²) in [6, 6.07) is 44.2. The first kappa shape index (κ1) is 24.5. The smallest absolute Gasteiger partial charge is 0.0894 e. The lowest BCUT2D eigenvalue weighted by molar-refractivity contribution is 1.25. The van der Waals surface area contributed by atoms with Crippen molar-refractivity contribution < 1.29 is 0 Å². The van der Waals surface area contributed by atoms with E-state index in [1.807, 2.05) is 18.2 Å². The van der Waals surface area contributed by atoms with Gasteiger partial charge in [-0.25, -0.2) is 4.98 Å². The molecule has 0 aliphatic heterocycles. The Hall–Kier alpha value is -3.86. The molecule has 4 heteroatoms. The van der Waals surface area contributed by atoms with Crippen LogP contribution in [-0.4, -0.2) is 9.97 Å². The molecule has 4 aromatic carbocycles. The first-order chi connectivity index (χ1) is 18.6. The minimum atomic E-state index is 0.854. The van der Waals surface area contributed by atoms with Crippen molar-refractivity contribution in [1.82, 2.24) is 9.97 Å². The van der Waals surface area contributed by atoms with E-state index in [1.165, 1.54) is 22.3 Å². The summed E-state index contributed by atoms with van der Waals surface area (Å²) in [5, 5.41) is 0. The van der Waals surface area contributed by atoms with Crippen molar-refractivity contribution in [1.29, 1.82) is 0 Å². The van der Waals surface area contributed by atoms with E-state index in [-0.39, 0.29) is 0 Å². The van der Waals surface area contributed by atoms with E-state index < -0.39 is 0 Å². The SMILES string of the molecule is Brc1ccc(-c2ccc(-c3ccc(-c4ccccn4)nc3-c3ccc(-c4ccc(Br)cc4)cc3)cc2)cc1. The van der Waals surface area contributed by atoms with Gasteiger partial charge in [0.25, 0.3) is 0 Å². The topological polar surface area (TPSA) is 25.8 Å². The molecule has 0 aliphatic carbocycles. The molecule has 6 aromatic rings. The van der Waals surface area contributed by atoms with Gasteiger partial charge in [0.05, 0.1) is 17.1 Å². The summed E-state index contributed by atoms with van der Waals surface area (Å²) in [7, 11) is 0. The number of rotatable bonds is 5. The number of benzene rings is 4. The molecule has 38 heavy (non-hydrogen) atoms. The zero-order valence-electron chi connectivity index (χ0n) is 20.4. The summed E-state index contributed by atoms with van der Waals surface area (Å²) in [6.07, 6.45) is 1.80. The largest absolute Gasteiger partial charge is 0.255 e. The average Bonchev–Trinajstić information content (AvgIpc) is 2.98. The third-order valence-corrected chi connectivity index (χ3v) is 7.59. The van der Waals surface area contributed by atoms with Crippen molar-refractivity contribution in [3.8, 4) is 56.0 Å². The fraction of sp³-hybridized carbons (Fsp3) is 0. The maximum atomic E-state index is 5.12. The third kappa shape index (κ3) is 5.24. The quantitative estimate of drug-likeness (QED) is 0.192. The van der Waals surface area contributed by atoms with Crippen LogP contribution in [0.15, 0.2) is 143 Å². The molecular weight excluding hydrogens is 596 g/mol. The summed E-state index contributed by atoms with van der Waals surface area (Å²) < 4.78 is 2.15. The number of pyridine rings is 2. The second-order valence-corrected chi connectivity index (χ2v) is 10.8. The van der Waals surface area contributed by atoms with Crippen LogP contribution in [0.1, 0.15) is 0 Å². The van der Waals surface area contributed by atoms with Gasteiger partial charge >= 0.3 is 0 Å². The monoisotopic (exact) mass is 616 g/mol. The Morgan fingerprint density at radius 2 is 0.868 bits per heavy atom. The number of hydrogen-bond donors (Lipinski definition) is 0. The number of hydrogen-bond acceptors (Lipinski definition) is 2. The lowest BCUT2D eigenvalue weighted by Crippen LogP contribution is -1.94. The van der Waals surface area contributed by atoms with Crippen molar-refractivity contribution in [2.45, 2.75) is 0 Å². The van der Waals surface area contributed by atoms with Gasteiger partial charge in [0.1, 0.15) is 0 Å². The highest BCUT2D eigenvalue weighted by Gasteiger charge is 2.13. The van der Waals surface area contributed by atoms with Crippen LogP contribution in [0.3, 0.4) is 0 Å². The van der Waals surface area contributed by atoms with E-state index in [2.05, 4.69) is 146 Å². The second kappa shape index (κ2) is 10.9. The highest BCUT2D eigenvalue weighted by Crippen LogP contribution is 2.35. The molecule has 0 saturated carbocycles. The van der Waals surface area contributed by atoms with Gasteiger partial charge in [-0.1, -0.05) is 111 Å². The van der Waals surface area contributed by atoms with Crippen LogP contribution in [0.5, 0.6) is 0 Å². The third-order valence-electron chi connectivity index (χ3n) is 6.53. The van der Waals surface area contributed by atoms with Crippen molar-refractivity contribution in [3.05, 3.63) is 143 Å². The Bertz CT molecular complexity index is 1680. The summed E-state index contributed by atoms with van der Waals surface area (Å²) in [4.78, 5) is 9.65. The van der Waals surface area contributed by atoms with E-state index in [4.69, 9.17) is 4.98 Å². The maximum absolute atomic E-state index is 5.12. The second-order valence-electron chi connectivity index (χ2n) is 8.98. The molecule has 2 aromatic heterocycles. The Morgan fingerprint density at radius 3 is 1.37 bits per heavy atom. The minimum absolute atomic E-state index is 0.854. The highest BCUT2D eigenvalue weighted by molar-refractivity contribution is 9.10. The Kier molecular flexibility index (Phi) is 7.00. The summed E-state index contributed by atoms with van der Waals surface area (Å²) in [5.41, 5.74) is 10.6. The molecule has 2 nitrogen and oxygen atoms in total. The Morgan fingerprint density at radius 1 is 0.395 bits per heavy atom. The Labute approximate surface area is 239 Å². The zero-order chi connectivity index (χ0) is 25.9. The first-order valence-corrected chi connectivity index (χ1v) is 13.9. The van der Waals surface area contributed by atoms with Crippen LogP contribution >= 0.6 is 31.9 Å². The molecule has 0 saturated heterocycles. The molecule has 182 valence electrons. The fourth-order valence-electron chi connectivity index (χ4n) is 4.52. The van der Waals surface area contributed by atoms with E-state index >= 15 is 0 Å². The van der Waals surface area contributed by atoms with Crippen LogP contribution in [-0.2, 0) is 0 Å². The lowest BCUT2D eigenvalue weighted by Gasteiger charge is -2.13. The first-order valence-electron chi connectivity index (χ1n) is 12.3. The van der Waals surface area contributed by atoms with Crippen LogP contribution in [0.25, 0.3) is 56.0 Å². The number of aromatic nitrogens is 2. The molecule has 0 amide bonds. The number of halogens is 2. The summed E-state index contributed by atoms with van der Waals surface area (Å²) in [6.45, 7) is 0. The van der Waals surface area contributed by atoms with Crippen LogP contribution in [0.4, 0.5) is 0 Å². The van der Waals surface area contributed by atoms with Crippen molar-refractivity contribution in [2.75, 3.05) is 0 Å². The fourth-order valence-corrected chi connectivity index (χ4v) is 5.05. The van der Waals surface area contributed by atoms with Crippen molar-refractivity contribution in [3.63, 3.8) is 0 Å². The molecule has 0 bridgehead atoms. The van der Waals surface area contributed by atoms with Crippen molar-refractivity contribution in [2.24, 2.45) is 0 Å². The van der Waals surface area contributed by atoms with Crippen LogP contribution < -0.4 is 0 Å². The van der Waals surface area contributed by atoms with E-state index in [1.54, 1.807) is 6.20 Å². The van der Waals surface area contributed by atoms with Gasteiger partial charge in [0, 0.05) is 26.3 Å². The predicted molar refractivity (Wildman–Crippen MR) is 165 cm³/mol. The van der Waals surface area contributed by atoms with E-state index in [9.17, 15) is 0 Å². The molecule has 0 atom stereocenters. The molecule has 2 heterocycles. The van der Waals surface area contributed by atoms with Gasteiger partial charge in [-0.2, -0.15) is 0 Å². The van der Waals surface area contributed by atoms with Gasteiger partial charge < -0.3 is 0 Å². The average molecular weight is 618 g/mol. The lowest BCUT2D eigenvalue weighted by atomic mass is 9.95.